The lowest BCUT2D eigenvalue weighted by molar-refractivity contribution is -0.131. The van der Waals surface area contributed by atoms with Gasteiger partial charge in [-0.1, -0.05) is 19.1 Å². The third kappa shape index (κ3) is 6.36. The van der Waals surface area contributed by atoms with Crippen molar-refractivity contribution in [3.8, 4) is 11.5 Å². The van der Waals surface area contributed by atoms with Crippen molar-refractivity contribution in [2.24, 2.45) is 0 Å². The van der Waals surface area contributed by atoms with E-state index in [-0.39, 0.29) is 13.2 Å². The minimum Gasteiger partial charge on any atom is -0.484 e. The fraction of sp³-hybridized carbons (Fsp3) is 0.222. The van der Waals surface area contributed by atoms with Crippen LogP contribution in [0, 0.1) is 5.82 Å². The highest BCUT2D eigenvalue weighted by molar-refractivity contribution is 9.10. The zero-order valence-electron chi connectivity index (χ0n) is 14.1. The number of aryl methyl sites for hydroxylation is 1. The minimum absolute atomic E-state index is 0.240. The lowest BCUT2D eigenvalue weighted by Crippen LogP contribution is -2.45. The van der Waals surface area contributed by atoms with Crippen molar-refractivity contribution in [1.82, 2.24) is 10.9 Å². The molecule has 2 N–H and O–H groups in total. The second-order valence-electron chi connectivity index (χ2n) is 5.25. The topological polar surface area (TPSA) is 76.7 Å². The van der Waals surface area contributed by atoms with Crippen LogP contribution < -0.4 is 20.3 Å². The van der Waals surface area contributed by atoms with Gasteiger partial charge in [-0.05, 0) is 58.2 Å². The van der Waals surface area contributed by atoms with Crippen LogP contribution >= 0.6 is 15.9 Å². The fourth-order valence-corrected chi connectivity index (χ4v) is 2.38. The van der Waals surface area contributed by atoms with E-state index < -0.39 is 17.6 Å². The summed E-state index contributed by atoms with van der Waals surface area (Å²) in [5.41, 5.74) is 5.59. The molecule has 0 bridgehead atoms. The first kappa shape index (κ1) is 19.7. The molecule has 0 radical (unpaired) electrons. The molecule has 0 saturated carbocycles. The van der Waals surface area contributed by atoms with Crippen molar-refractivity contribution in [1.29, 1.82) is 0 Å². The van der Waals surface area contributed by atoms with Crippen LogP contribution in [0.25, 0.3) is 0 Å². The van der Waals surface area contributed by atoms with Crippen molar-refractivity contribution in [3.05, 3.63) is 58.3 Å². The maximum Gasteiger partial charge on any atom is 0.276 e. The highest BCUT2D eigenvalue weighted by atomic mass is 79.9. The Labute approximate surface area is 158 Å². The summed E-state index contributed by atoms with van der Waals surface area (Å²) in [6.45, 7) is 1.46. The SMILES string of the molecule is CCc1ccc(OCC(=O)NNC(=O)COc2ccc(F)cc2Br)cc1. The summed E-state index contributed by atoms with van der Waals surface area (Å²) in [5, 5.41) is 0. The zero-order valence-corrected chi connectivity index (χ0v) is 15.6. The van der Waals surface area contributed by atoms with E-state index in [4.69, 9.17) is 9.47 Å². The Kier molecular flexibility index (Phi) is 7.40. The molecule has 0 aliphatic carbocycles. The van der Waals surface area contributed by atoms with E-state index in [9.17, 15) is 14.0 Å². The number of hydrogen-bond acceptors (Lipinski definition) is 4. The van der Waals surface area contributed by atoms with Crippen molar-refractivity contribution >= 4 is 27.7 Å². The Bertz CT molecular complexity index is 768. The number of carbonyl (C=O) groups excluding carboxylic acids is 2. The number of ether oxygens (including phenoxy) is 2. The van der Waals surface area contributed by atoms with E-state index in [1.54, 1.807) is 12.1 Å². The number of nitrogens with one attached hydrogen (secondary N) is 2. The van der Waals surface area contributed by atoms with Gasteiger partial charge in [0.25, 0.3) is 11.8 Å². The summed E-state index contributed by atoms with van der Waals surface area (Å²) in [5.74, 6) is -0.632. The summed E-state index contributed by atoms with van der Waals surface area (Å²) < 4.78 is 23.9. The van der Waals surface area contributed by atoms with Gasteiger partial charge in [0.1, 0.15) is 17.3 Å². The van der Waals surface area contributed by atoms with Crippen molar-refractivity contribution in [2.75, 3.05) is 13.2 Å². The average Bonchev–Trinajstić information content (AvgIpc) is 2.64. The predicted molar refractivity (Wildman–Crippen MR) is 97.2 cm³/mol. The molecule has 0 atom stereocenters. The van der Waals surface area contributed by atoms with Gasteiger partial charge in [-0.3, -0.25) is 20.4 Å². The molecule has 2 rings (SSSR count). The first-order valence-corrected chi connectivity index (χ1v) is 8.64. The van der Waals surface area contributed by atoms with E-state index in [0.29, 0.717) is 16.0 Å². The first-order chi connectivity index (χ1) is 12.5. The average molecular weight is 425 g/mol. The second kappa shape index (κ2) is 9.76. The van der Waals surface area contributed by atoms with E-state index in [1.807, 2.05) is 19.1 Å². The highest BCUT2D eigenvalue weighted by Crippen LogP contribution is 2.25. The molecule has 0 aliphatic rings. The van der Waals surface area contributed by atoms with Crippen LogP contribution in [0.5, 0.6) is 11.5 Å². The molecule has 0 spiro atoms. The van der Waals surface area contributed by atoms with Crippen LogP contribution in [0.1, 0.15) is 12.5 Å². The molecule has 2 aromatic rings. The van der Waals surface area contributed by atoms with Gasteiger partial charge in [-0.2, -0.15) is 0 Å². The van der Waals surface area contributed by atoms with E-state index >= 15 is 0 Å². The van der Waals surface area contributed by atoms with Crippen LogP contribution in [0.15, 0.2) is 46.9 Å². The van der Waals surface area contributed by atoms with Gasteiger partial charge in [0, 0.05) is 0 Å². The van der Waals surface area contributed by atoms with Gasteiger partial charge < -0.3 is 9.47 Å². The van der Waals surface area contributed by atoms with Gasteiger partial charge in [-0.25, -0.2) is 4.39 Å². The number of rotatable bonds is 7. The molecule has 2 amide bonds. The van der Waals surface area contributed by atoms with E-state index in [1.165, 1.54) is 23.8 Å². The molecule has 0 aliphatic heterocycles. The van der Waals surface area contributed by atoms with E-state index in [2.05, 4.69) is 26.8 Å². The smallest absolute Gasteiger partial charge is 0.276 e. The number of halogens is 2. The molecule has 2 aromatic carbocycles. The Balaban J connectivity index is 1.68. The summed E-state index contributed by atoms with van der Waals surface area (Å²) in [4.78, 5) is 23.3. The molecular weight excluding hydrogens is 407 g/mol. The minimum atomic E-state index is -0.568. The molecule has 138 valence electrons. The fourth-order valence-electron chi connectivity index (χ4n) is 1.92. The molecular formula is C18H18BrFN2O4. The Morgan fingerprint density at radius 1 is 1.00 bits per heavy atom. The maximum atomic E-state index is 13.0. The predicted octanol–water partition coefficient (Wildman–Crippen LogP) is 2.76. The monoisotopic (exact) mass is 424 g/mol. The van der Waals surface area contributed by atoms with Crippen molar-refractivity contribution < 1.29 is 23.5 Å². The van der Waals surface area contributed by atoms with Gasteiger partial charge in [0.15, 0.2) is 13.2 Å². The van der Waals surface area contributed by atoms with Crippen molar-refractivity contribution in [3.63, 3.8) is 0 Å². The van der Waals surface area contributed by atoms with Gasteiger partial charge in [-0.15, -0.1) is 0 Å². The number of carbonyl (C=O) groups is 2. The van der Waals surface area contributed by atoms with Crippen LogP contribution in [0.4, 0.5) is 4.39 Å². The van der Waals surface area contributed by atoms with Gasteiger partial charge >= 0.3 is 0 Å². The number of benzene rings is 2. The molecule has 0 fully saturated rings. The second-order valence-corrected chi connectivity index (χ2v) is 6.10. The summed E-state index contributed by atoms with van der Waals surface area (Å²) in [6.07, 6.45) is 0.920. The molecule has 0 saturated heterocycles. The number of hydrazine groups is 1. The van der Waals surface area contributed by atoms with Crippen LogP contribution in [0.3, 0.4) is 0 Å². The largest absolute Gasteiger partial charge is 0.484 e. The first-order valence-electron chi connectivity index (χ1n) is 7.85. The van der Waals surface area contributed by atoms with E-state index in [0.717, 1.165) is 6.42 Å². The Morgan fingerprint density at radius 2 is 1.62 bits per heavy atom. The maximum absolute atomic E-state index is 13.0. The molecule has 0 unspecified atom stereocenters. The Hall–Kier alpha value is -2.61. The van der Waals surface area contributed by atoms with Gasteiger partial charge in [0.05, 0.1) is 4.47 Å². The zero-order chi connectivity index (χ0) is 18.9. The summed E-state index contributed by atoms with van der Waals surface area (Å²) in [7, 11) is 0. The lowest BCUT2D eigenvalue weighted by atomic mass is 10.2. The molecule has 26 heavy (non-hydrogen) atoms. The lowest BCUT2D eigenvalue weighted by Gasteiger charge is -2.10. The van der Waals surface area contributed by atoms with Crippen LogP contribution in [0.2, 0.25) is 0 Å². The molecule has 0 aromatic heterocycles. The molecule has 8 heteroatoms. The normalized spacial score (nSPS) is 10.1. The third-order valence-electron chi connectivity index (χ3n) is 3.30. The summed E-state index contributed by atoms with van der Waals surface area (Å²) >= 11 is 3.13. The standard InChI is InChI=1S/C18H18BrFN2O4/c1-2-12-3-6-14(7-4-12)25-10-17(23)21-22-18(24)11-26-16-8-5-13(20)9-15(16)19/h3-9H,2,10-11H2,1H3,(H,21,23)(H,22,24). The van der Waals surface area contributed by atoms with Crippen molar-refractivity contribution in [2.45, 2.75) is 13.3 Å². The third-order valence-corrected chi connectivity index (χ3v) is 3.92. The van der Waals surface area contributed by atoms with Crippen LogP contribution in [-0.2, 0) is 16.0 Å². The molecule has 0 heterocycles. The quantitative estimate of drug-likeness (QED) is 0.669. The molecule has 6 nitrogen and oxygen atoms in total. The van der Waals surface area contributed by atoms with Crippen LogP contribution in [-0.4, -0.2) is 25.0 Å². The number of amides is 2. The summed E-state index contributed by atoms with van der Waals surface area (Å²) in [6, 6.07) is 11.2. The Morgan fingerprint density at radius 3 is 2.19 bits per heavy atom. The number of hydrogen-bond donors (Lipinski definition) is 2. The van der Waals surface area contributed by atoms with Gasteiger partial charge in [0.2, 0.25) is 0 Å². The highest BCUT2D eigenvalue weighted by Gasteiger charge is 2.08.